The molecule has 3 unspecified atom stereocenters. The summed E-state index contributed by atoms with van der Waals surface area (Å²) in [7, 11) is 0. The maximum atomic E-state index is 14.6. The third-order valence-electron chi connectivity index (χ3n) is 7.01. The third-order valence-corrected chi connectivity index (χ3v) is 7.36. The Kier molecular flexibility index (Phi) is 8.50. The Bertz CT molecular complexity index is 1560. The molecule has 43 heavy (non-hydrogen) atoms. The monoisotopic (exact) mass is 618 g/mol. The fourth-order valence-corrected chi connectivity index (χ4v) is 5.29. The van der Waals surface area contributed by atoms with E-state index in [1.807, 2.05) is 6.07 Å². The molecule has 1 saturated heterocycles. The number of halogens is 5. The molecule has 1 saturated carbocycles. The van der Waals surface area contributed by atoms with Crippen LogP contribution in [0.1, 0.15) is 36.6 Å². The van der Waals surface area contributed by atoms with E-state index >= 15 is 0 Å². The molecule has 1 aliphatic carbocycles. The SMILES string of the molecule is N#Cc1ccnc(N2C(O)OCCC2C(=O)N(c2cc(F)cc(F)c2)C(C(=O)NC2CC(F)(F)C2)c2ccccc2Cl)n1. The number of rotatable bonds is 7. The van der Waals surface area contributed by atoms with Crippen LogP contribution in [0.4, 0.5) is 29.2 Å². The number of carbonyl (C=O) groups is 2. The van der Waals surface area contributed by atoms with Crippen LogP contribution in [0.15, 0.2) is 54.7 Å². The molecular weight excluding hydrogens is 596 g/mol. The first-order valence-electron chi connectivity index (χ1n) is 13.0. The maximum absolute atomic E-state index is 14.6. The second-order valence-corrected chi connectivity index (χ2v) is 10.4. The maximum Gasteiger partial charge on any atom is 0.252 e. The van der Waals surface area contributed by atoms with Crippen LogP contribution < -0.4 is 15.1 Å². The second kappa shape index (κ2) is 12.1. The number of hydrogen-bond acceptors (Lipinski definition) is 8. The molecule has 1 aliphatic heterocycles. The van der Waals surface area contributed by atoms with Gasteiger partial charge in [0, 0.05) is 48.2 Å². The van der Waals surface area contributed by atoms with Crippen molar-refractivity contribution in [3.63, 3.8) is 0 Å². The lowest BCUT2D eigenvalue weighted by Crippen LogP contribution is -2.60. The number of carbonyl (C=O) groups excluding carboxylic acids is 2. The van der Waals surface area contributed by atoms with Crippen LogP contribution >= 0.6 is 11.6 Å². The number of ether oxygens (including phenoxy) is 1. The lowest BCUT2D eigenvalue weighted by molar-refractivity contribution is -0.143. The van der Waals surface area contributed by atoms with Crippen LogP contribution in [0.2, 0.25) is 5.02 Å². The molecule has 2 aliphatic rings. The van der Waals surface area contributed by atoms with Crippen LogP contribution in [-0.4, -0.2) is 57.9 Å². The van der Waals surface area contributed by atoms with Gasteiger partial charge in [-0.15, -0.1) is 0 Å². The summed E-state index contributed by atoms with van der Waals surface area (Å²) in [6.07, 6.45) is -1.95. The average Bonchev–Trinajstić information content (AvgIpc) is 2.94. The lowest BCUT2D eigenvalue weighted by atomic mass is 9.87. The zero-order valence-corrected chi connectivity index (χ0v) is 22.9. The van der Waals surface area contributed by atoms with Crippen molar-refractivity contribution < 1.29 is 37.0 Å². The number of benzene rings is 2. The highest BCUT2D eigenvalue weighted by molar-refractivity contribution is 6.31. The van der Waals surface area contributed by atoms with Crippen molar-refractivity contribution in [1.29, 1.82) is 5.26 Å². The summed E-state index contributed by atoms with van der Waals surface area (Å²) in [5.41, 5.74) is -0.453. The highest BCUT2D eigenvalue weighted by atomic mass is 35.5. The molecule has 10 nitrogen and oxygen atoms in total. The molecule has 0 spiro atoms. The highest BCUT2D eigenvalue weighted by Gasteiger charge is 2.48. The first kappa shape index (κ1) is 30.1. The Morgan fingerprint density at radius 3 is 2.53 bits per heavy atom. The Morgan fingerprint density at radius 1 is 1.19 bits per heavy atom. The minimum absolute atomic E-state index is 0.00480. The van der Waals surface area contributed by atoms with Crippen LogP contribution in [0, 0.1) is 23.0 Å². The summed E-state index contributed by atoms with van der Waals surface area (Å²) in [6, 6.07) is 7.20. The topological polar surface area (TPSA) is 132 Å². The Morgan fingerprint density at radius 2 is 1.88 bits per heavy atom. The van der Waals surface area contributed by atoms with E-state index in [1.165, 1.54) is 30.5 Å². The fraction of sp³-hybridized carbons (Fsp3) is 0.321. The number of hydrogen-bond donors (Lipinski definition) is 2. The zero-order chi connectivity index (χ0) is 30.9. The van der Waals surface area contributed by atoms with Crippen molar-refractivity contribution >= 4 is 35.1 Å². The van der Waals surface area contributed by atoms with Gasteiger partial charge in [0.2, 0.25) is 18.3 Å². The van der Waals surface area contributed by atoms with E-state index in [1.54, 1.807) is 6.07 Å². The van der Waals surface area contributed by atoms with Crippen LogP contribution in [0.5, 0.6) is 0 Å². The van der Waals surface area contributed by atoms with Gasteiger partial charge in [0.05, 0.1) is 12.3 Å². The van der Waals surface area contributed by atoms with Crippen molar-refractivity contribution in [2.75, 3.05) is 16.4 Å². The van der Waals surface area contributed by atoms with Gasteiger partial charge in [-0.3, -0.25) is 19.4 Å². The lowest BCUT2D eigenvalue weighted by Gasteiger charge is -2.42. The number of aromatic nitrogens is 2. The van der Waals surface area contributed by atoms with Crippen molar-refractivity contribution in [3.8, 4) is 6.07 Å². The first-order valence-corrected chi connectivity index (χ1v) is 13.4. The molecule has 15 heteroatoms. The van der Waals surface area contributed by atoms with E-state index in [0.29, 0.717) is 6.07 Å². The largest absolute Gasteiger partial charge is 0.351 e. The van der Waals surface area contributed by atoms with Gasteiger partial charge in [-0.25, -0.2) is 27.5 Å². The summed E-state index contributed by atoms with van der Waals surface area (Å²) in [5.74, 6) is -7.29. The number of amides is 2. The minimum atomic E-state index is -2.98. The number of nitrogens with zero attached hydrogens (tertiary/aromatic N) is 5. The minimum Gasteiger partial charge on any atom is -0.351 e. The molecule has 3 atom stereocenters. The Balaban J connectivity index is 1.64. The smallest absolute Gasteiger partial charge is 0.252 e. The molecular formula is C28H23ClF4N6O4. The summed E-state index contributed by atoms with van der Waals surface area (Å²) < 4.78 is 61.7. The third kappa shape index (κ3) is 6.38. The number of aliphatic hydroxyl groups excluding tert-OH is 1. The number of nitrogens with one attached hydrogen (secondary N) is 1. The molecule has 2 aromatic carbocycles. The van der Waals surface area contributed by atoms with Crippen molar-refractivity contribution in [2.24, 2.45) is 0 Å². The second-order valence-electron chi connectivity index (χ2n) is 9.99. The van der Waals surface area contributed by atoms with Crippen LogP contribution in [-0.2, 0) is 14.3 Å². The number of nitriles is 1. The predicted octanol–water partition coefficient (Wildman–Crippen LogP) is 3.84. The standard InChI is InChI=1S/C28H23ClF4N6O4/c29-21-4-2-1-3-20(21)23(24(40)36-18-12-28(32,33)13-18)38(19-10-15(30)9-16(31)11-19)25(41)22-6-8-43-27(42)39(22)26-35-7-5-17(14-34)37-26/h1-5,7,9-11,18,22-23,27,42H,6,8,12-13H2,(H,36,40). The van der Waals surface area contributed by atoms with Crippen molar-refractivity contribution in [2.45, 2.75) is 49.7 Å². The number of alkyl halides is 2. The van der Waals surface area contributed by atoms with E-state index in [-0.39, 0.29) is 35.3 Å². The molecule has 5 rings (SSSR count). The van der Waals surface area contributed by atoms with E-state index in [4.69, 9.17) is 16.3 Å². The number of aliphatic hydroxyl groups is 1. The van der Waals surface area contributed by atoms with E-state index in [2.05, 4.69) is 15.3 Å². The predicted molar refractivity (Wildman–Crippen MR) is 144 cm³/mol. The summed E-state index contributed by atoms with van der Waals surface area (Å²) in [6.45, 7) is -0.155. The first-order chi connectivity index (χ1) is 20.5. The van der Waals surface area contributed by atoms with Gasteiger partial charge in [0.1, 0.15) is 35.5 Å². The number of anilines is 2. The van der Waals surface area contributed by atoms with Crippen LogP contribution in [0.3, 0.4) is 0 Å². The quantitative estimate of drug-likeness (QED) is 0.382. The van der Waals surface area contributed by atoms with E-state index < -0.39 is 72.4 Å². The highest BCUT2D eigenvalue weighted by Crippen LogP contribution is 2.39. The molecule has 224 valence electrons. The average molecular weight is 619 g/mol. The molecule has 0 bridgehead atoms. The fourth-order valence-electron chi connectivity index (χ4n) is 5.05. The molecule has 3 aromatic rings. The molecule has 2 fully saturated rings. The van der Waals surface area contributed by atoms with Crippen LogP contribution in [0.25, 0.3) is 0 Å². The van der Waals surface area contributed by atoms with Gasteiger partial charge in [0.15, 0.2) is 0 Å². The van der Waals surface area contributed by atoms with Crippen molar-refractivity contribution in [1.82, 2.24) is 15.3 Å². The van der Waals surface area contributed by atoms with E-state index in [9.17, 15) is 37.5 Å². The molecule has 0 radical (unpaired) electrons. The summed E-state index contributed by atoms with van der Waals surface area (Å²) in [5, 5.41) is 22.5. The summed E-state index contributed by atoms with van der Waals surface area (Å²) in [4.78, 5) is 38.2. The Hall–Kier alpha value is -4.32. The van der Waals surface area contributed by atoms with Gasteiger partial charge in [-0.1, -0.05) is 29.8 Å². The molecule has 2 heterocycles. The van der Waals surface area contributed by atoms with Gasteiger partial charge in [-0.2, -0.15) is 5.26 Å². The molecule has 2 N–H and O–H groups in total. The molecule has 1 aromatic heterocycles. The van der Waals surface area contributed by atoms with Gasteiger partial charge in [-0.05, 0) is 24.3 Å². The van der Waals surface area contributed by atoms with Gasteiger partial charge in [0.25, 0.3) is 11.8 Å². The summed E-state index contributed by atoms with van der Waals surface area (Å²) >= 11 is 6.45. The molecule has 2 amide bonds. The zero-order valence-electron chi connectivity index (χ0n) is 22.1. The van der Waals surface area contributed by atoms with Gasteiger partial charge < -0.3 is 15.2 Å². The van der Waals surface area contributed by atoms with E-state index in [0.717, 1.165) is 21.9 Å². The normalized spacial score (nSPS) is 20.4. The Labute approximate surface area is 247 Å². The van der Waals surface area contributed by atoms with Gasteiger partial charge >= 0.3 is 0 Å². The van der Waals surface area contributed by atoms with Crippen molar-refractivity contribution in [3.05, 3.63) is 82.6 Å².